The summed E-state index contributed by atoms with van der Waals surface area (Å²) in [5.74, 6) is 0.520. The number of rotatable bonds is 10. The van der Waals surface area contributed by atoms with Gasteiger partial charge < -0.3 is 20.1 Å². The lowest BCUT2D eigenvalue weighted by molar-refractivity contribution is -0.117. The molecule has 7 heteroatoms. The number of nitrogens with zero attached hydrogens (tertiary/aromatic N) is 1. The molecule has 0 radical (unpaired) electrons. The highest BCUT2D eigenvalue weighted by molar-refractivity contribution is 5.97. The van der Waals surface area contributed by atoms with Crippen molar-refractivity contribution in [2.45, 2.75) is 12.8 Å². The zero-order valence-electron chi connectivity index (χ0n) is 16.5. The molecule has 2 aromatic rings. The highest BCUT2D eigenvalue weighted by Gasteiger charge is 2.09. The molecule has 152 valence electrons. The second kappa shape index (κ2) is 11.3. The molecule has 0 bridgehead atoms. The topological polar surface area (TPSA) is 83.4 Å². The quantitative estimate of drug-likeness (QED) is 0.366. The summed E-state index contributed by atoms with van der Waals surface area (Å²) in [5.41, 5.74) is 1.79. The van der Waals surface area contributed by atoms with Gasteiger partial charge in [0.2, 0.25) is 0 Å². The van der Waals surface area contributed by atoms with E-state index in [0.717, 1.165) is 11.1 Å². The van der Waals surface area contributed by atoms with Crippen LogP contribution >= 0.6 is 0 Å². The van der Waals surface area contributed by atoms with E-state index in [2.05, 4.69) is 10.6 Å². The number of nitrogens with one attached hydrogen (secondary N) is 2. The molecule has 0 aromatic heterocycles. The van der Waals surface area contributed by atoms with Gasteiger partial charge in [-0.1, -0.05) is 18.2 Å². The lowest BCUT2D eigenvalue weighted by Gasteiger charge is -2.10. The van der Waals surface area contributed by atoms with Gasteiger partial charge in [0.05, 0.1) is 14.2 Å². The van der Waals surface area contributed by atoms with Crippen LogP contribution in [0.3, 0.4) is 0 Å². The molecule has 0 aliphatic heterocycles. The molecule has 2 N–H and O–H groups in total. The SMILES string of the molecule is COc1ccc(CCNC(=O)/C(C#N)=C\NCCc2cccc(F)c2)cc1OC. The maximum absolute atomic E-state index is 13.1. The van der Waals surface area contributed by atoms with Gasteiger partial charge in [-0.15, -0.1) is 0 Å². The predicted molar refractivity (Wildman–Crippen MR) is 108 cm³/mol. The lowest BCUT2D eigenvalue weighted by Crippen LogP contribution is -2.28. The number of methoxy groups -OCH3 is 2. The van der Waals surface area contributed by atoms with Crippen molar-refractivity contribution in [1.29, 1.82) is 5.26 Å². The van der Waals surface area contributed by atoms with Crippen LogP contribution in [0.25, 0.3) is 0 Å². The summed E-state index contributed by atoms with van der Waals surface area (Å²) in [6.45, 7) is 0.851. The highest BCUT2D eigenvalue weighted by atomic mass is 19.1. The molecule has 1 amide bonds. The van der Waals surface area contributed by atoms with Crippen molar-refractivity contribution in [1.82, 2.24) is 10.6 Å². The van der Waals surface area contributed by atoms with E-state index < -0.39 is 5.91 Å². The van der Waals surface area contributed by atoms with Crippen molar-refractivity contribution in [2.24, 2.45) is 0 Å². The number of benzene rings is 2. The summed E-state index contributed by atoms with van der Waals surface area (Å²) >= 11 is 0. The van der Waals surface area contributed by atoms with Gasteiger partial charge in [-0.2, -0.15) is 5.26 Å². The molecule has 0 saturated carbocycles. The van der Waals surface area contributed by atoms with Crippen LogP contribution in [-0.2, 0) is 17.6 Å². The average Bonchev–Trinajstić information content (AvgIpc) is 2.73. The molecule has 0 spiro atoms. The minimum Gasteiger partial charge on any atom is -0.493 e. The third-order valence-corrected chi connectivity index (χ3v) is 4.21. The number of ether oxygens (including phenoxy) is 2. The van der Waals surface area contributed by atoms with E-state index in [9.17, 15) is 14.4 Å². The first kappa shape index (κ1) is 21.8. The fourth-order valence-corrected chi connectivity index (χ4v) is 2.68. The van der Waals surface area contributed by atoms with Crippen LogP contribution < -0.4 is 20.1 Å². The molecule has 0 saturated heterocycles. The fraction of sp³-hybridized carbons (Fsp3) is 0.273. The van der Waals surface area contributed by atoms with Crippen molar-refractivity contribution in [3.63, 3.8) is 0 Å². The molecule has 29 heavy (non-hydrogen) atoms. The van der Waals surface area contributed by atoms with Crippen molar-refractivity contribution >= 4 is 5.91 Å². The Labute approximate surface area is 169 Å². The molecule has 2 aromatic carbocycles. The average molecular weight is 397 g/mol. The smallest absolute Gasteiger partial charge is 0.263 e. The first-order chi connectivity index (χ1) is 14.1. The van der Waals surface area contributed by atoms with Gasteiger partial charge in [0.15, 0.2) is 11.5 Å². The van der Waals surface area contributed by atoms with E-state index in [1.807, 2.05) is 24.3 Å². The minimum atomic E-state index is -0.453. The van der Waals surface area contributed by atoms with Gasteiger partial charge in [0, 0.05) is 19.3 Å². The lowest BCUT2D eigenvalue weighted by atomic mass is 10.1. The van der Waals surface area contributed by atoms with E-state index in [-0.39, 0.29) is 11.4 Å². The van der Waals surface area contributed by atoms with Crippen LogP contribution in [0.15, 0.2) is 54.2 Å². The number of carbonyl (C=O) groups excluding carboxylic acids is 1. The number of hydrogen-bond acceptors (Lipinski definition) is 5. The van der Waals surface area contributed by atoms with Crippen molar-refractivity contribution in [2.75, 3.05) is 27.3 Å². The summed E-state index contributed by atoms with van der Waals surface area (Å²) in [6.07, 6.45) is 2.54. The Morgan fingerprint density at radius 2 is 1.79 bits per heavy atom. The number of carbonyl (C=O) groups is 1. The summed E-state index contributed by atoms with van der Waals surface area (Å²) in [5, 5.41) is 14.8. The Morgan fingerprint density at radius 3 is 2.48 bits per heavy atom. The summed E-state index contributed by atoms with van der Waals surface area (Å²) in [7, 11) is 3.13. The van der Waals surface area contributed by atoms with Gasteiger partial charge in [-0.05, 0) is 48.2 Å². The van der Waals surface area contributed by atoms with E-state index >= 15 is 0 Å². The molecule has 0 heterocycles. The van der Waals surface area contributed by atoms with Crippen LogP contribution in [0.2, 0.25) is 0 Å². The highest BCUT2D eigenvalue weighted by Crippen LogP contribution is 2.27. The minimum absolute atomic E-state index is 0.0171. The number of halogens is 1. The second-order valence-electron chi connectivity index (χ2n) is 6.20. The van der Waals surface area contributed by atoms with E-state index in [4.69, 9.17) is 9.47 Å². The third-order valence-electron chi connectivity index (χ3n) is 4.21. The predicted octanol–water partition coefficient (Wildman–Crippen LogP) is 2.74. The Bertz CT molecular complexity index is 906. The number of hydrogen-bond donors (Lipinski definition) is 2. The monoisotopic (exact) mass is 397 g/mol. The van der Waals surface area contributed by atoms with Crippen LogP contribution in [-0.4, -0.2) is 33.2 Å². The molecule has 0 fully saturated rings. The molecule has 2 rings (SSSR count). The molecule has 0 unspecified atom stereocenters. The Hall–Kier alpha value is -3.53. The molecular formula is C22H24FN3O3. The Morgan fingerprint density at radius 1 is 1.07 bits per heavy atom. The Balaban J connectivity index is 1.80. The molecular weight excluding hydrogens is 373 g/mol. The van der Waals surface area contributed by atoms with Crippen molar-refractivity contribution in [3.8, 4) is 17.6 Å². The standard InChI is InChI=1S/C22H24FN3O3/c1-28-20-7-6-17(13-21(20)29-2)9-11-26-22(27)18(14-24)15-25-10-8-16-4-3-5-19(23)12-16/h3-7,12-13,15,25H,8-11H2,1-2H3,(H,26,27)/b18-15-. The van der Waals surface area contributed by atoms with E-state index in [0.29, 0.717) is 37.4 Å². The summed E-state index contributed by atoms with van der Waals surface area (Å²) < 4.78 is 23.6. The number of amides is 1. The van der Waals surface area contributed by atoms with E-state index in [1.54, 1.807) is 26.4 Å². The van der Waals surface area contributed by atoms with Crippen LogP contribution in [0.1, 0.15) is 11.1 Å². The second-order valence-corrected chi connectivity index (χ2v) is 6.20. The first-order valence-electron chi connectivity index (χ1n) is 9.14. The molecule has 0 aliphatic rings. The van der Waals surface area contributed by atoms with E-state index in [1.165, 1.54) is 18.3 Å². The Kier molecular flexibility index (Phi) is 8.51. The normalized spacial score (nSPS) is 10.8. The largest absolute Gasteiger partial charge is 0.493 e. The van der Waals surface area contributed by atoms with Crippen LogP contribution in [0.4, 0.5) is 4.39 Å². The van der Waals surface area contributed by atoms with Gasteiger partial charge in [-0.25, -0.2) is 4.39 Å². The van der Waals surface area contributed by atoms with Gasteiger partial charge in [0.1, 0.15) is 17.5 Å². The van der Waals surface area contributed by atoms with Gasteiger partial charge in [-0.3, -0.25) is 4.79 Å². The zero-order valence-corrected chi connectivity index (χ0v) is 16.5. The van der Waals surface area contributed by atoms with Gasteiger partial charge in [0.25, 0.3) is 5.91 Å². The van der Waals surface area contributed by atoms with Gasteiger partial charge >= 0.3 is 0 Å². The van der Waals surface area contributed by atoms with Crippen LogP contribution in [0.5, 0.6) is 11.5 Å². The summed E-state index contributed by atoms with van der Waals surface area (Å²) in [6, 6.07) is 13.7. The molecule has 0 aliphatic carbocycles. The molecule has 0 atom stereocenters. The number of nitriles is 1. The maximum atomic E-state index is 13.1. The fourth-order valence-electron chi connectivity index (χ4n) is 2.68. The summed E-state index contributed by atoms with van der Waals surface area (Å²) in [4.78, 5) is 12.2. The van der Waals surface area contributed by atoms with Crippen LogP contribution in [0, 0.1) is 17.1 Å². The first-order valence-corrected chi connectivity index (χ1v) is 9.14. The van der Waals surface area contributed by atoms with Crippen molar-refractivity contribution < 1.29 is 18.7 Å². The van der Waals surface area contributed by atoms with Crippen molar-refractivity contribution in [3.05, 3.63) is 71.2 Å². The third kappa shape index (κ3) is 6.85. The molecule has 6 nitrogen and oxygen atoms in total. The maximum Gasteiger partial charge on any atom is 0.263 e. The zero-order chi connectivity index (χ0) is 21.1.